The van der Waals surface area contributed by atoms with Gasteiger partial charge in [-0.05, 0) is 37.6 Å². The van der Waals surface area contributed by atoms with Crippen molar-refractivity contribution in [2.24, 2.45) is 0 Å². The normalized spacial score (nSPS) is 11.6. The molecule has 0 saturated carbocycles. The molecule has 0 amide bonds. The molecule has 1 aromatic heterocycles. The van der Waals surface area contributed by atoms with E-state index in [4.69, 9.17) is 4.74 Å². The monoisotopic (exact) mass is 325 g/mol. The maximum Gasteiger partial charge on any atom is 0.122 e. The van der Waals surface area contributed by atoms with Crippen LogP contribution < -0.4 is 4.74 Å². The van der Waals surface area contributed by atoms with Crippen LogP contribution in [0.1, 0.15) is 11.1 Å². The van der Waals surface area contributed by atoms with Crippen molar-refractivity contribution in [1.82, 2.24) is 4.98 Å². The van der Waals surface area contributed by atoms with E-state index in [0.717, 1.165) is 16.3 Å². The van der Waals surface area contributed by atoms with Gasteiger partial charge in [-0.15, -0.1) is 24.2 Å². The summed E-state index contributed by atoms with van der Waals surface area (Å²) in [5.41, 5.74) is 2.30. The Morgan fingerprint density at radius 3 is 2.71 bits per heavy atom. The second kappa shape index (κ2) is 8.93. The molecule has 1 N–H and O–H groups in total. The molecule has 1 atom stereocenters. The summed E-state index contributed by atoms with van der Waals surface area (Å²) in [6.07, 6.45) is 1.24. The van der Waals surface area contributed by atoms with Crippen LogP contribution >= 0.6 is 24.2 Å². The van der Waals surface area contributed by atoms with E-state index < -0.39 is 6.10 Å². The topological polar surface area (TPSA) is 42.4 Å². The van der Waals surface area contributed by atoms with Crippen LogP contribution in [0.15, 0.2) is 47.6 Å². The van der Waals surface area contributed by atoms with Crippen molar-refractivity contribution in [3.05, 3.63) is 53.7 Å². The van der Waals surface area contributed by atoms with Crippen LogP contribution in [-0.2, 0) is 0 Å². The van der Waals surface area contributed by atoms with Crippen molar-refractivity contribution in [1.29, 1.82) is 0 Å². The van der Waals surface area contributed by atoms with Crippen LogP contribution in [0, 0.1) is 13.8 Å². The van der Waals surface area contributed by atoms with Crippen LogP contribution in [0.25, 0.3) is 0 Å². The lowest BCUT2D eigenvalue weighted by Gasteiger charge is -2.13. The average Bonchev–Trinajstić information content (AvgIpc) is 2.45. The van der Waals surface area contributed by atoms with Gasteiger partial charge in [0.05, 0.1) is 11.1 Å². The summed E-state index contributed by atoms with van der Waals surface area (Å²) < 4.78 is 5.66. The second-order valence-corrected chi connectivity index (χ2v) is 5.75. The minimum atomic E-state index is -0.511. The van der Waals surface area contributed by atoms with Crippen molar-refractivity contribution >= 4 is 24.2 Å². The van der Waals surface area contributed by atoms with Gasteiger partial charge >= 0.3 is 0 Å². The van der Waals surface area contributed by atoms with E-state index in [-0.39, 0.29) is 12.4 Å². The molecule has 114 valence electrons. The van der Waals surface area contributed by atoms with E-state index in [1.165, 1.54) is 17.3 Å². The molecule has 1 aromatic carbocycles. The van der Waals surface area contributed by atoms with Crippen LogP contribution in [0.2, 0.25) is 0 Å². The summed E-state index contributed by atoms with van der Waals surface area (Å²) in [4.78, 5) is 4.20. The molecule has 0 spiro atoms. The molecular formula is C16H20ClNO2S. The summed E-state index contributed by atoms with van der Waals surface area (Å²) >= 11 is 1.53. The van der Waals surface area contributed by atoms with Gasteiger partial charge in [0, 0.05) is 11.9 Å². The van der Waals surface area contributed by atoms with Crippen molar-refractivity contribution < 1.29 is 9.84 Å². The summed E-state index contributed by atoms with van der Waals surface area (Å²) in [5.74, 6) is 1.40. The fraction of sp³-hybridized carbons (Fsp3) is 0.312. The number of aliphatic hydroxyl groups is 1. The highest BCUT2D eigenvalue weighted by atomic mass is 35.5. The zero-order valence-corrected chi connectivity index (χ0v) is 13.8. The predicted octanol–water partition coefficient (Wildman–Crippen LogP) is 3.65. The fourth-order valence-corrected chi connectivity index (χ4v) is 2.58. The van der Waals surface area contributed by atoms with E-state index in [1.807, 2.05) is 37.3 Å². The molecule has 1 heterocycles. The predicted molar refractivity (Wildman–Crippen MR) is 89.6 cm³/mol. The number of halogens is 1. The molecule has 3 nitrogen and oxygen atoms in total. The fourth-order valence-electron chi connectivity index (χ4n) is 1.81. The van der Waals surface area contributed by atoms with Gasteiger partial charge in [0.25, 0.3) is 0 Å². The maximum absolute atomic E-state index is 9.94. The van der Waals surface area contributed by atoms with Crippen LogP contribution in [0.3, 0.4) is 0 Å². The highest BCUT2D eigenvalue weighted by Gasteiger charge is 2.08. The minimum absolute atomic E-state index is 0. The molecule has 0 fully saturated rings. The number of benzene rings is 1. The Balaban J connectivity index is 0.00000220. The van der Waals surface area contributed by atoms with Crippen molar-refractivity contribution in [3.63, 3.8) is 0 Å². The Morgan fingerprint density at radius 1 is 1.24 bits per heavy atom. The number of rotatable bonds is 6. The number of pyridine rings is 1. The van der Waals surface area contributed by atoms with E-state index in [1.54, 1.807) is 6.20 Å². The van der Waals surface area contributed by atoms with Crippen molar-refractivity contribution in [3.8, 4) is 5.75 Å². The van der Waals surface area contributed by atoms with Gasteiger partial charge in [0.15, 0.2) is 0 Å². The van der Waals surface area contributed by atoms with Crippen LogP contribution in [0.5, 0.6) is 5.75 Å². The lowest BCUT2D eigenvalue weighted by Crippen LogP contribution is -2.20. The lowest BCUT2D eigenvalue weighted by molar-refractivity contribution is 0.126. The first-order chi connectivity index (χ1) is 9.65. The Bertz CT molecular complexity index is 551. The second-order valence-electron chi connectivity index (χ2n) is 4.71. The molecule has 0 saturated heterocycles. The molecule has 21 heavy (non-hydrogen) atoms. The SMILES string of the molecule is Cc1ccc(OCC(O)CSc2ccccn2)c(C)c1.Cl. The Hall–Kier alpha value is -1.23. The number of aromatic nitrogens is 1. The quantitative estimate of drug-likeness (QED) is 0.823. The zero-order valence-electron chi connectivity index (χ0n) is 12.2. The molecule has 1 unspecified atom stereocenters. The van der Waals surface area contributed by atoms with Gasteiger partial charge in [0.1, 0.15) is 12.4 Å². The largest absolute Gasteiger partial charge is 0.491 e. The lowest BCUT2D eigenvalue weighted by atomic mass is 10.1. The Kier molecular flexibility index (Phi) is 7.57. The molecule has 0 radical (unpaired) electrons. The summed E-state index contributed by atoms with van der Waals surface area (Å²) in [6.45, 7) is 4.36. The molecule has 2 rings (SSSR count). The number of ether oxygens (including phenoxy) is 1. The number of aryl methyl sites for hydroxylation is 2. The first kappa shape index (κ1) is 17.8. The number of hydrogen-bond donors (Lipinski definition) is 1. The highest BCUT2D eigenvalue weighted by molar-refractivity contribution is 7.99. The van der Waals surface area contributed by atoms with E-state index in [9.17, 15) is 5.11 Å². The van der Waals surface area contributed by atoms with Gasteiger partial charge in [-0.25, -0.2) is 4.98 Å². The van der Waals surface area contributed by atoms with Crippen molar-refractivity contribution in [2.75, 3.05) is 12.4 Å². The number of aliphatic hydroxyl groups excluding tert-OH is 1. The molecular weight excluding hydrogens is 306 g/mol. The standard InChI is InChI=1S/C16H19NO2S.ClH/c1-12-6-7-15(13(2)9-12)19-10-14(18)11-20-16-5-3-4-8-17-16;/h3-9,14,18H,10-11H2,1-2H3;1H. The van der Waals surface area contributed by atoms with E-state index in [0.29, 0.717) is 12.4 Å². The smallest absolute Gasteiger partial charge is 0.122 e. The average molecular weight is 326 g/mol. The molecule has 0 aliphatic heterocycles. The summed E-state index contributed by atoms with van der Waals surface area (Å²) in [6, 6.07) is 11.8. The highest BCUT2D eigenvalue weighted by Crippen LogP contribution is 2.20. The number of hydrogen-bond acceptors (Lipinski definition) is 4. The maximum atomic E-state index is 9.94. The summed E-state index contributed by atoms with van der Waals surface area (Å²) in [5, 5.41) is 10.9. The first-order valence-electron chi connectivity index (χ1n) is 6.57. The molecule has 2 aromatic rings. The van der Waals surface area contributed by atoms with Gasteiger partial charge in [0.2, 0.25) is 0 Å². The minimum Gasteiger partial charge on any atom is -0.491 e. The third-order valence-corrected chi connectivity index (χ3v) is 3.91. The first-order valence-corrected chi connectivity index (χ1v) is 7.55. The van der Waals surface area contributed by atoms with Gasteiger partial charge in [-0.1, -0.05) is 23.8 Å². The third kappa shape index (κ3) is 5.96. The van der Waals surface area contributed by atoms with E-state index >= 15 is 0 Å². The number of nitrogens with zero attached hydrogens (tertiary/aromatic N) is 1. The summed E-state index contributed by atoms with van der Waals surface area (Å²) in [7, 11) is 0. The number of thioether (sulfide) groups is 1. The molecule has 5 heteroatoms. The van der Waals surface area contributed by atoms with Crippen molar-refractivity contribution in [2.45, 2.75) is 25.0 Å². The molecule has 0 aliphatic rings. The third-order valence-electron chi connectivity index (χ3n) is 2.82. The Morgan fingerprint density at radius 2 is 2.05 bits per heavy atom. The molecule has 0 aliphatic carbocycles. The van der Waals surface area contributed by atoms with E-state index in [2.05, 4.69) is 18.0 Å². The Labute approximate surface area is 136 Å². The zero-order chi connectivity index (χ0) is 14.4. The van der Waals surface area contributed by atoms with Gasteiger partial charge < -0.3 is 9.84 Å². The molecule has 0 bridgehead atoms. The van der Waals surface area contributed by atoms with Gasteiger partial charge in [-0.3, -0.25) is 0 Å². The van der Waals surface area contributed by atoms with Crippen LogP contribution in [-0.4, -0.2) is 28.6 Å². The van der Waals surface area contributed by atoms with Gasteiger partial charge in [-0.2, -0.15) is 0 Å². The van der Waals surface area contributed by atoms with Crippen LogP contribution in [0.4, 0.5) is 0 Å².